The molecular weight excluding hydrogens is 310 g/mol. The molecule has 1 fully saturated rings. The van der Waals surface area contributed by atoms with Crippen LogP contribution in [0.1, 0.15) is 36.1 Å². The largest absolute Gasteiger partial charge is 0.377 e. The fourth-order valence-corrected chi connectivity index (χ4v) is 3.04. The molecular formula is C15H19N7O2. The first-order chi connectivity index (χ1) is 11.7. The number of methoxy groups -OCH3 is 1. The van der Waals surface area contributed by atoms with E-state index in [0.717, 1.165) is 43.1 Å². The Morgan fingerprint density at radius 3 is 2.88 bits per heavy atom. The van der Waals surface area contributed by atoms with Gasteiger partial charge in [-0.3, -0.25) is 0 Å². The van der Waals surface area contributed by atoms with E-state index in [1.165, 1.54) is 0 Å². The van der Waals surface area contributed by atoms with Crippen LogP contribution in [0.15, 0.2) is 16.7 Å². The van der Waals surface area contributed by atoms with E-state index in [1.807, 2.05) is 23.6 Å². The molecule has 3 aromatic heterocycles. The Morgan fingerprint density at radius 1 is 1.25 bits per heavy atom. The number of rotatable bonds is 4. The second kappa shape index (κ2) is 6.16. The van der Waals surface area contributed by atoms with Crippen LogP contribution in [0.4, 0.5) is 6.01 Å². The Balaban J connectivity index is 1.48. The summed E-state index contributed by atoms with van der Waals surface area (Å²) in [6.45, 7) is 4.00. The van der Waals surface area contributed by atoms with Crippen molar-refractivity contribution in [1.82, 2.24) is 30.0 Å². The van der Waals surface area contributed by atoms with Gasteiger partial charge in [-0.2, -0.15) is 14.6 Å². The van der Waals surface area contributed by atoms with Crippen molar-refractivity contribution in [1.29, 1.82) is 0 Å². The van der Waals surface area contributed by atoms with Crippen LogP contribution in [0.25, 0.3) is 5.65 Å². The molecule has 0 amide bonds. The van der Waals surface area contributed by atoms with Crippen molar-refractivity contribution in [3.63, 3.8) is 0 Å². The van der Waals surface area contributed by atoms with Gasteiger partial charge in [0.15, 0.2) is 17.3 Å². The topological polar surface area (TPSA) is 94.5 Å². The minimum Gasteiger partial charge on any atom is -0.377 e. The quantitative estimate of drug-likeness (QED) is 0.708. The van der Waals surface area contributed by atoms with Crippen molar-refractivity contribution < 1.29 is 9.26 Å². The molecule has 4 heterocycles. The number of fused-ring (bicyclic) bond motifs is 1. The number of hydrogen-bond acceptors (Lipinski definition) is 8. The number of anilines is 1. The zero-order valence-electron chi connectivity index (χ0n) is 13.7. The monoisotopic (exact) mass is 329 g/mol. The third kappa shape index (κ3) is 2.71. The molecule has 0 N–H and O–H groups in total. The predicted molar refractivity (Wildman–Crippen MR) is 84.7 cm³/mol. The van der Waals surface area contributed by atoms with Crippen molar-refractivity contribution in [2.24, 2.45) is 0 Å². The molecule has 0 atom stereocenters. The van der Waals surface area contributed by atoms with E-state index in [9.17, 15) is 0 Å². The summed E-state index contributed by atoms with van der Waals surface area (Å²) in [6.07, 6.45) is 1.89. The second-order valence-electron chi connectivity index (χ2n) is 5.99. The van der Waals surface area contributed by atoms with Crippen LogP contribution in [-0.4, -0.2) is 50.2 Å². The molecule has 126 valence electrons. The first-order valence-corrected chi connectivity index (χ1v) is 8.00. The number of hydrogen-bond donors (Lipinski definition) is 0. The maximum absolute atomic E-state index is 5.31. The molecule has 0 saturated carbocycles. The summed E-state index contributed by atoms with van der Waals surface area (Å²) in [5.74, 6) is 1.82. The molecule has 9 nitrogen and oxygen atoms in total. The summed E-state index contributed by atoms with van der Waals surface area (Å²) in [7, 11) is 1.61. The third-order valence-corrected chi connectivity index (χ3v) is 4.28. The molecule has 1 aliphatic heterocycles. The van der Waals surface area contributed by atoms with Gasteiger partial charge in [0.05, 0.1) is 5.69 Å². The zero-order chi connectivity index (χ0) is 16.5. The number of aryl methyl sites for hydroxylation is 1. The van der Waals surface area contributed by atoms with Crippen LogP contribution in [0.2, 0.25) is 0 Å². The summed E-state index contributed by atoms with van der Waals surface area (Å²) in [4.78, 5) is 6.45. The third-order valence-electron chi connectivity index (χ3n) is 4.28. The lowest BCUT2D eigenvalue weighted by Crippen LogP contribution is -2.33. The van der Waals surface area contributed by atoms with Gasteiger partial charge in [0, 0.05) is 26.1 Å². The van der Waals surface area contributed by atoms with Crippen LogP contribution in [0.3, 0.4) is 0 Å². The molecule has 9 heteroatoms. The van der Waals surface area contributed by atoms with Gasteiger partial charge < -0.3 is 14.2 Å². The van der Waals surface area contributed by atoms with Crippen LogP contribution in [0.5, 0.6) is 0 Å². The maximum atomic E-state index is 5.31. The van der Waals surface area contributed by atoms with Gasteiger partial charge >= 0.3 is 6.01 Å². The molecule has 0 unspecified atom stereocenters. The molecule has 0 aromatic carbocycles. The lowest BCUT2D eigenvalue weighted by molar-refractivity contribution is 0.174. The SMILES string of the molecule is COCc1noc(N2CCC(c3nnc4ccc(C)nn34)CC2)n1. The van der Waals surface area contributed by atoms with Crippen molar-refractivity contribution >= 4 is 11.7 Å². The summed E-state index contributed by atoms with van der Waals surface area (Å²) in [5.41, 5.74) is 1.75. The molecule has 0 spiro atoms. The van der Waals surface area contributed by atoms with Crippen LogP contribution in [-0.2, 0) is 11.3 Å². The van der Waals surface area contributed by atoms with E-state index in [4.69, 9.17) is 9.26 Å². The number of ether oxygens (including phenoxy) is 1. The highest BCUT2D eigenvalue weighted by atomic mass is 16.5. The summed E-state index contributed by atoms with van der Waals surface area (Å²) < 4.78 is 12.2. The fraction of sp³-hybridized carbons (Fsp3) is 0.533. The molecule has 3 aromatic rings. The Kier molecular flexibility index (Phi) is 3.85. The first kappa shape index (κ1) is 15.0. The smallest absolute Gasteiger partial charge is 0.324 e. The van der Waals surface area contributed by atoms with Gasteiger partial charge in [-0.25, -0.2) is 0 Å². The van der Waals surface area contributed by atoms with Crippen LogP contribution >= 0.6 is 0 Å². The Hall–Kier alpha value is -2.55. The van der Waals surface area contributed by atoms with Gasteiger partial charge in [0.2, 0.25) is 0 Å². The van der Waals surface area contributed by atoms with Crippen molar-refractivity contribution in [2.45, 2.75) is 32.3 Å². The summed E-state index contributed by atoms with van der Waals surface area (Å²) in [5, 5.41) is 17.0. The Labute approximate surface area is 138 Å². The molecule has 1 aliphatic rings. The molecule has 4 rings (SSSR count). The highest BCUT2D eigenvalue weighted by Crippen LogP contribution is 2.28. The standard InChI is InChI=1S/C15H19N7O2/c1-10-3-4-13-17-18-14(22(13)19-10)11-5-7-21(8-6-11)15-16-12(9-23-2)20-24-15/h3-4,11H,5-9H2,1-2H3. The van der Waals surface area contributed by atoms with Gasteiger partial charge in [-0.15, -0.1) is 10.2 Å². The van der Waals surface area contributed by atoms with E-state index < -0.39 is 0 Å². The predicted octanol–water partition coefficient (Wildman–Crippen LogP) is 1.35. The van der Waals surface area contributed by atoms with Gasteiger partial charge in [-0.1, -0.05) is 5.16 Å². The van der Waals surface area contributed by atoms with Crippen molar-refractivity contribution in [3.8, 4) is 0 Å². The fourth-order valence-electron chi connectivity index (χ4n) is 3.04. The highest BCUT2D eigenvalue weighted by Gasteiger charge is 2.27. The average molecular weight is 329 g/mol. The van der Waals surface area contributed by atoms with Gasteiger partial charge in [-0.05, 0) is 31.9 Å². The minimum atomic E-state index is 0.326. The highest BCUT2D eigenvalue weighted by molar-refractivity contribution is 5.37. The van der Waals surface area contributed by atoms with E-state index in [0.29, 0.717) is 24.4 Å². The number of piperidine rings is 1. The van der Waals surface area contributed by atoms with Crippen LogP contribution < -0.4 is 4.90 Å². The van der Waals surface area contributed by atoms with E-state index in [1.54, 1.807) is 7.11 Å². The van der Waals surface area contributed by atoms with Crippen molar-refractivity contribution in [2.75, 3.05) is 25.1 Å². The van der Waals surface area contributed by atoms with E-state index in [2.05, 4.69) is 30.3 Å². The lowest BCUT2D eigenvalue weighted by Gasteiger charge is -2.29. The second-order valence-corrected chi connectivity index (χ2v) is 5.99. The van der Waals surface area contributed by atoms with Crippen molar-refractivity contribution in [3.05, 3.63) is 29.5 Å². The molecule has 0 aliphatic carbocycles. The molecule has 1 saturated heterocycles. The normalized spacial score (nSPS) is 16.2. The molecule has 0 bridgehead atoms. The maximum Gasteiger partial charge on any atom is 0.324 e. The van der Waals surface area contributed by atoms with E-state index in [-0.39, 0.29) is 0 Å². The molecule has 24 heavy (non-hydrogen) atoms. The zero-order valence-corrected chi connectivity index (χ0v) is 13.7. The van der Waals surface area contributed by atoms with E-state index >= 15 is 0 Å². The van der Waals surface area contributed by atoms with Gasteiger partial charge in [0.1, 0.15) is 6.61 Å². The summed E-state index contributed by atoms with van der Waals surface area (Å²) in [6, 6.07) is 4.45. The molecule has 0 radical (unpaired) electrons. The lowest BCUT2D eigenvalue weighted by atomic mass is 9.96. The first-order valence-electron chi connectivity index (χ1n) is 8.00. The Bertz CT molecular complexity index is 835. The average Bonchev–Trinajstić information content (AvgIpc) is 3.22. The van der Waals surface area contributed by atoms with Gasteiger partial charge in [0.25, 0.3) is 0 Å². The van der Waals surface area contributed by atoms with Crippen LogP contribution in [0, 0.1) is 6.92 Å². The summed E-state index contributed by atoms with van der Waals surface area (Å²) >= 11 is 0. The Morgan fingerprint density at radius 2 is 2.08 bits per heavy atom. The minimum absolute atomic E-state index is 0.326. The number of aromatic nitrogens is 6. The number of nitrogens with zero attached hydrogens (tertiary/aromatic N) is 7.